The normalized spacial score (nSPS) is 10.6. The van der Waals surface area contributed by atoms with Crippen LogP contribution in [-0.2, 0) is 9.59 Å². The zero-order chi connectivity index (χ0) is 17.4. The summed E-state index contributed by atoms with van der Waals surface area (Å²) in [5, 5.41) is 6.66. The maximum absolute atomic E-state index is 11.9. The van der Waals surface area contributed by atoms with E-state index >= 15 is 0 Å². The molecule has 0 aliphatic heterocycles. The van der Waals surface area contributed by atoms with Crippen LogP contribution in [0.15, 0.2) is 58.1 Å². The fourth-order valence-corrected chi connectivity index (χ4v) is 2.72. The summed E-state index contributed by atoms with van der Waals surface area (Å²) in [7, 11) is 0. The average Bonchev–Trinajstić information content (AvgIpc) is 2.57. The van der Waals surface area contributed by atoms with Gasteiger partial charge in [-0.3, -0.25) is 9.59 Å². The van der Waals surface area contributed by atoms with E-state index in [1.54, 1.807) is 12.3 Å². The molecule has 0 spiro atoms. The summed E-state index contributed by atoms with van der Waals surface area (Å²) in [6.45, 7) is 0. The van der Waals surface area contributed by atoms with Crippen molar-refractivity contribution in [3.63, 3.8) is 0 Å². The van der Waals surface area contributed by atoms with E-state index < -0.39 is 0 Å². The minimum absolute atomic E-state index is 0.0690. The molecule has 124 valence electrons. The number of halogens is 2. The maximum Gasteiger partial charge on any atom is 0.240 e. The molecule has 0 heterocycles. The molecule has 7 heteroatoms. The molecule has 0 atom stereocenters. The highest BCUT2D eigenvalue weighted by molar-refractivity contribution is 14.1. The molecule has 2 aromatic carbocycles. The predicted molar refractivity (Wildman–Crippen MR) is 107 cm³/mol. The summed E-state index contributed by atoms with van der Waals surface area (Å²) in [5.41, 5.74) is 4.03. The van der Waals surface area contributed by atoms with Gasteiger partial charge in [-0.25, -0.2) is 5.43 Å². The lowest BCUT2D eigenvalue weighted by Gasteiger charge is -2.06. The van der Waals surface area contributed by atoms with E-state index in [1.807, 2.05) is 42.5 Å². The van der Waals surface area contributed by atoms with E-state index in [-0.39, 0.29) is 24.7 Å². The third-order valence-electron chi connectivity index (χ3n) is 3.03. The van der Waals surface area contributed by atoms with Crippen LogP contribution in [0.2, 0.25) is 0 Å². The van der Waals surface area contributed by atoms with Crippen molar-refractivity contribution >= 4 is 62.2 Å². The third kappa shape index (κ3) is 6.04. The molecule has 0 radical (unpaired) electrons. The number of hydrogen-bond donors (Lipinski definition) is 2. The number of para-hydroxylation sites is 1. The highest BCUT2D eigenvalue weighted by atomic mass is 127. The van der Waals surface area contributed by atoms with Gasteiger partial charge in [0, 0.05) is 26.4 Å². The van der Waals surface area contributed by atoms with Crippen LogP contribution in [0.1, 0.15) is 18.4 Å². The van der Waals surface area contributed by atoms with Gasteiger partial charge in [0.1, 0.15) is 0 Å². The fourth-order valence-electron chi connectivity index (χ4n) is 1.81. The van der Waals surface area contributed by atoms with Crippen molar-refractivity contribution in [2.75, 3.05) is 5.32 Å². The van der Waals surface area contributed by atoms with E-state index in [4.69, 9.17) is 0 Å². The van der Waals surface area contributed by atoms with Gasteiger partial charge in [0.2, 0.25) is 11.8 Å². The molecular formula is C17H15BrIN3O2. The molecule has 0 fully saturated rings. The van der Waals surface area contributed by atoms with Gasteiger partial charge >= 0.3 is 0 Å². The van der Waals surface area contributed by atoms with Crippen LogP contribution in [0.3, 0.4) is 0 Å². The van der Waals surface area contributed by atoms with Crippen LogP contribution in [0.5, 0.6) is 0 Å². The second kappa shape index (κ2) is 9.53. The van der Waals surface area contributed by atoms with Crippen LogP contribution < -0.4 is 10.7 Å². The lowest BCUT2D eigenvalue weighted by molar-refractivity contribution is -0.124. The Morgan fingerprint density at radius 3 is 2.46 bits per heavy atom. The molecular weight excluding hydrogens is 485 g/mol. The second-order valence-electron chi connectivity index (χ2n) is 4.84. The van der Waals surface area contributed by atoms with Crippen molar-refractivity contribution in [3.05, 3.63) is 62.1 Å². The highest BCUT2D eigenvalue weighted by Gasteiger charge is 2.08. The lowest BCUT2D eigenvalue weighted by Crippen LogP contribution is -2.20. The van der Waals surface area contributed by atoms with Gasteiger partial charge in [0.15, 0.2) is 0 Å². The van der Waals surface area contributed by atoms with Crippen LogP contribution in [-0.4, -0.2) is 18.0 Å². The topological polar surface area (TPSA) is 70.6 Å². The lowest BCUT2D eigenvalue weighted by atomic mass is 10.2. The van der Waals surface area contributed by atoms with Crippen LogP contribution in [0.4, 0.5) is 5.69 Å². The summed E-state index contributed by atoms with van der Waals surface area (Å²) in [6.07, 6.45) is 1.74. The zero-order valence-corrected chi connectivity index (χ0v) is 16.4. The zero-order valence-electron chi connectivity index (χ0n) is 12.6. The molecule has 2 amide bonds. The summed E-state index contributed by atoms with van der Waals surface area (Å²) < 4.78 is 1.84. The summed E-state index contributed by atoms with van der Waals surface area (Å²) in [6, 6.07) is 15.0. The number of amides is 2. The van der Waals surface area contributed by atoms with Crippen LogP contribution >= 0.6 is 38.5 Å². The van der Waals surface area contributed by atoms with Gasteiger partial charge in [0.25, 0.3) is 0 Å². The number of nitrogens with one attached hydrogen (secondary N) is 2. The molecule has 5 nitrogen and oxygen atoms in total. The maximum atomic E-state index is 11.9. The summed E-state index contributed by atoms with van der Waals surface area (Å²) >= 11 is 5.55. The summed E-state index contributed by atoms with van der Waals surface area (Å²) in [5.74, 6) is -0.530. The Morgan fingerprint density at radius 1 is 1.04 bits per heavy atom. The van der Waals surface area contributed by atoms with Crippen molar-refractivity contribution in [2.45, 2.75) is 12.8 Å². The fraction of sp³-hybridized carbons (Fsp3) is 0.118. The van der Waals surface area contributed by atoms with Gasteiger partial charge in [-0.2, -0.15) is 5.10 Å². The molecule has 0 bridgehead atoms. The number of benzene rings is 2. The number of carbonyl (C=O) groups is 2. The van der Waals surface area contributed by atoms with Gasteiger partial charge in [0.05, 0.1) is 11.9 Å². The van der Waals surface area contributed by atoms with Gasteiger partial charge in [-0.1, -0.05) is 30.3 Å². The first-order valence-electron chi connectivity index (χ1n) is 7.17. The standard InChI is InChI=1S/C17H15BrIN3O2/c18-13-6-2-4-8-15(13)21-16(23)9-10-17(24)22-20-11-12-5-1-3-7-14(12)19/h1-8,11H,9-10H2,(H,21,23)(H,22,24). The molecule has 0 saturated carbocycles. The molecule has 2 aromatic rings. The van der Waals surface area contributed by atoms with Crippen molar-refractivity contribution in [2.24, 2.45) is 5.10 Å². The number of rotatable bonds is 6. The predicted octanol–water partition coefficient (Wildman–Crippen LogP) is 3.92. The number of anilines is 1. The van der Waals surface area contributed by atoms with Crippen molar-refractivity contribution in [1.29, 1.82) is 0 Å². The Kier molecular flexibility index (Phi) is 7.38. The SMILES string of the molecule is O=C(CCC(=O)Nc1ccccc1Br)NN=Cc1ccccc1I. The van der Waals surface area contributed by atoms with Crippen molar-refractivity contribution in [3.8, 4) is 0 Å². The van der Waals surface area contributed by atoms with E-state index in [1.165, 1.54) is 0 Å². The average molecular weight is 500 g/mol. The molecule has 0 saturated heterocycles. The molecule has 2 rings (SSSR count). The number of hydrogen-bond acceptors (Lipinski definition) is 3. The van der Waals surface area contributed by atoms with Gasteiger partial charge in [-0.15, -0.1) is 0 Å². The molecule has 0 unspecified atom stereocenters. The highest BCUT2D eigenvalue weighted by Crippen LogP contribution is 2.21. The number of nitrogens with zero attached hydrogens (tertiary/aromatic N) is 1. The minimum atomic E-state index is -0.306. The molecule has 2 N–H and O–H groups in total. The second-order valence-corrected chi connectivity index (χ2v) is 6.86. The number of carbonyl (C=O) groups excluding carboxylic acids is 2. The molecule has 0 aromatic heterocycles. The quantitative estimate of drug-likeness (QED) is 0.359. The van der Waals surface area contributed by atoms with Gasteiger partial charge in [-0.05, 0) is 56.7 Å². The Bertz CT molecular complexity index is 765. The third-order valence-corrected chi connectivity index (χ3v) is 4.70. The number of hydrazone groups is 1. The van der Waals surface area contributed by atoms with E-state index in [0.29, 0.717) is 5.69 Å². The molecule has 0 aliphatic carbocycles. The minimum Gasteiger partial charge on any atom is -0.325 e. The Labute approximate surface area is 162 Å². The smallest absolute Gasteiger partial charge is 0.240 e. The molecule has 0 aliphatic rings. The first-order chi connectivity index (χ1) is 11.6. The summed E-state index contributed by atoms with van der Waals surface area (Å²) in [4.78, 5) is 23.6. The van der Waals surface area contributed by atoms with Crippen LogP contribution in [0, 0.1) is 3.57 Å². The van der Waals surface area contributed by atoms with E-state index in [9.17, 15) is 9.59 Å². The first kappa shape index (κ1) is 18.6. The largest absolute Gasteiger partial charge is 0.325 e. The van der Waals surface area contributed by atoms with E-state index in [2.05, 4.69) is 54.4 Å². The van der Waals surface area contributed by atoms with Gasteiger partial charge < -0.3 is 5.32 Å². The van der Waals surface area contributed by atoms with E-state index in [0.717, 1.165) is 13.6 Å². The van der Waals surface area contributed by atoms with Crippen LogP contribution in [0.25, 0.3) is 0 Å². The Morgan fingerprint density at radius 2 is 1.71 bits per heavy atom. The first-order valence-corrected chi connectivity index (χ1v) is 9.04. The monoisotopic (exact) mass is 499 g/mol. The van der Waals surface area contributed by atoms with Crippen molar-refractivity contribution in [1.82, 2.24) is 5.43 Å². The molecule has 24 heavy (non-hydrogen) atoms. The Hall–Kier alpha value is -1.74. The van der Waals surface area contributed by atoms with Crippen molar-refractivity contribution < 1.29 is 9.59 Å². The Balaban J connectivity index is 1.76.